The summed E-state index contributed by atoms with van der Waals surface area (Å²) in [6, 6.07) is 8.02. The molecule has 0 bridgehead atoms. The van der Waals surface area contributed by atoms with Crippen molar-refractivity contribution in [1.82, 2.24) is 19.9 Å². The molecule has 1 aliphatic carbocycles. The van der Waals surface area contributed by atoms with E-state index in [0.29, 0.717) is 0 Å². The van der Waals surface area contributed by atoms with Gasteiger partial charge in [0.1, 0.15) is 0 Å². The smallest absolute Gasteiger partial charge is 0.0890 e. The van der Waals surface area contributed by atoms with Crippen LogP contribution in [0.1, 0.15) is 50.5 Å². The highest BCUT2D eigenvalue weighted by atomic mass is 14.9. The normalized spacial score (nSPS) is 17.8. The summed E-state index contributed by atoms with van der Waals surface area (Å²) < 4.78 is 0. The molecule has 3 aromatic rings. The number of aromatic nitrogens is 4. The average molecular weight is 290 g/mol. The molecule has 4 heteroatoms. The minimum atomic E-state index is -0.300. The molecule has 0 atom stereocenters. The van der Waals surface area contributed by atoms with Gasteiger partial charge >= 0.3 is 0 Å². The van der Waals surface area contributed by atoms with Gasteiger partial charge in [0.25, 0.3) is 0 Å². The second-order valence-electron chi connectivity index (χ2n) is 6.91. The third-order valence-electron chi connectivity index (χ3n) is 4.64. The maximum Gasteiger partial charge on any atom is 0.0890 e. The van der Waals surface area contributed by atoms with Crippen LogP contribution >= 0.6 is 0 Å². The van der Waals surface area contributed by atoms with E-state index in [-0.39, 0.29) is 10.8 Å². The lowest BCUT2D eigenvalue weighted by Crippen LogP contribution is -2.40. The van der Waals surface area contributed by atoms with E-state index in [9.17, 15) is 0 Å². The van der Waals surface area contributed by atoms with Gasteiger partial charge in [0.15, 0.2) is 0 Å². The minimum Gasteiger partial charge on any atom is -0.257 e. The first kappa shape index (κ1) is 13.3. The zero-order valence-corrected chi connectivity index (χ0v) is 13.3. The van der Waals surface area contributed by atoms with Gasteiger partial charge < -0.3 is 0 Å². The van der Waals surface area contributed by atoms with Crippen molar-refractivity contribution in [3.8, 4) is 0 Å². The zero-order valence-electron chi connectivity index (χ0n) is 13.3. The summed E-state index contributed by atoms with van der Waals surface area (Å²) in [6.45, 7) is 8.60. The van der Waals surface area contributed by atoms with Gasteiger partial charge in [-0.3, -0.25) is 9.97 Å². The highest BCUT2D eigenvalue weighted by Crippen LogP contribution is 2.46. The van der Waals surface area contributed by atoms with Crippen molar-refractivity contribution in [3.05, 3.63) is 59.4 Å². The van der Waals surface area contributed by atoms with Crippen LogP contribution in [-0.2, 0) is 10.8 Å². The van der Waals surface area contributed by atoms with Gasteiger partial charge in [-0.1, -0.05) is 12.1 Å². The molecule has 0 saturated carbocycles. The molecular weight excluding hydrogens is 272 g/mol. The van der Waals surface area contributed by atoms with Crippen molar-refractivity contribution >= 4 is 11.0 Å². The summed E-state index contributed by atoms with van der Waals surface area (Å²) in [5.74, 6) is 0. The topological polar surface area (TPSA) is 51.6 Å². The lowest BCUT2D eigenvalue weighted by Gasteiger charge is -2.39. The fraction of sp³-hybridized carbons (Fsp3) is 0.333. The van der Waals surface area contributed by atoms with Crippen LogP contribution in [0.25, 0.3) is 11.0 Å². The SMILES string of the molecule is CC1(C)c2nccnc2C(C)(C)c2nc3ccccc3nc21. The Hall–Kier alpha value is -2.36. The fourth-order valence-corrected chi connectivity index (χ4v) is 3.35. The molecule has 0 saturated heterocycles. The van der Waals surface area contributed by atoms with Crippen LogP contribution in [0.3, 0.4) is 0 Å². The lowest BCUT2D eigenvalue weighted by atomic mass is 9.67. The first-order valence-electron chi connectivity index (χ1n) is 7.52. The van der Waals surface area contributed by atoms with E-state index in [1.807, 2.05) is 24.3 Å². The summed E-state index contributed by atoms with van der Waals surface area (Å²) in [4.78, 5) is 19.1. The maximum absolute atomic E-state index is 4.93. The molecule has 1 aromatic carbocycles. The Balaban J connectivity index is 2.14. The molecule has 22 heavy (non-hydrogen) atoms. The van der Waals surface area contributed by atoms with Crippen LogP contribution in [0, 0.1) is 0 Å². The van der Waals surface area contributed by atoms with Gasteiger partial charge in [0.05, 0.1) is 44.6 Å². The third-order valence-corrected chi connectivity index (χ3v) is 4.64. The maximum atomic E-state index is 4.93. The Bertz CT molecular complexity index is 823. The average Bonchev–Trinajstić information content (AvgIpc) is 2.52. The molecule has 0 unspecified atom stereocenters. The number of rotatable bonds is 0. The zero-order chi connectivity index (χ0) is 15.5. The molecule has 0 aliphatic heterocycles. The molecule has 4 rings (SSSR count). The first-order valence-corrected chi connectivity index (χ1v) is 7.52. The summed E-state index contributed by atoms with van der Waals surface area (Å²) >= 11 is 0. The third kappa shape index (κ3) is 1.58. The lowest BCUT2D eigenvalue weighted by molar-refractivity contribution is 0.466. The number of fused-ring (bicyclic) bond motifs is 3. The van der Waals surface area contributed by atoms with Gasteiger partial charge in [0.2, 0.25) is 0 Å². The molecule has 110 valence electrons. The number of para-hydroxylation sites is 2. The van der Waals surface area contributed by atoms with E-state index < -0.39 is 0 Å². The van der Waals surface area contributed by atoms with Gasteiger partial charge in [0, 0.05) is 12.4 Å². The summed E-state index contributed by atoms with van der Waals surface area (Å²) in [7, 11) is 0. The predicted octanol–water partition coefficient (Wildman–Crippen LogP) is 3.39. The molecule has 4 nitrogen and oxygen atoms in total. The van der Waals surface area contributed by atoms with E-state index in [1.54, 1.807) is 12.4 Å². The van der Waals surface area contributed by atoms with Crippen LogP contribution in [0.15, 0.2) is 36.7 Å². The van der Waals surface area contributed by atoms with Crippen LogP contribution in [-0.4, -0.2) is 19.9 Å². The number of hydrogen-bond donors (Lipinski definition) is 0. The van der Waals surface area contributed by atoms with Crippen LogP contribution in [0.2, 0.25) is 0 Å². The molecule has 0 amide bonds. The standard InChI is InChI=1S/C18H18N4/c1-17(2)13-14(20-10-9-19-13)18(3,4)16-15(17)21-11-7-5-6-8-12(11)22-16/h5-10H,1-4H3. The molecule has 0 fully saturated rings. The van der Waals surface area contributed by atoms with Crippen molar-refractivity contribution in [1.29, 1.82) is 0 Å². The summed E-state index contributed by atoms with van der Waals surface area (Å²) in [5, 5.41) is 0. The van der Waals surface area contributed by atoms with Crippen molar-refractivity contribution in [2.75, 3.05) is 0 Å². The Labute approximate surface area is 129 Å². The summed E-state index contributed by atoms with van der Waals surface area (Å²) in [5.41, 5.74) is 5.26. The van der Waals surface area contributed by atoms with Gasteiger partial charge in [-0.15, -0.1) is 0 Å². The Morgan fingerprint density at radius 1 is 0.636 bits per heavy atom. The van der Waals surface area contributed by atoms with Gasteiger partial charge in [-0.05, 0) is 39.8 Å². The van der Waals surface area contributed by atoms with E-state index in [1.165, 1.54) is 0 Å². The Kier molecular flexibility index (Phi) is 2.48. The van der Waals surface area contributed by atoms with Crippen molar-refractivity contribution < 1.29 is 0 Å². The Morgan fingerprint density at radius 2 is 1.05 bits per heavy atom. The molecule has 2 aromatic heterocycles. The Morgan fingerprint density at radius 3 is 1.45 bits per heavy atom. The highest BCUT2D eigenvalue weighted by molar-refractivity contribution is 5.75. The highest BCUT2D eigenvalue weighted by Gasteiger charge is 2.46. The second kappa shape index (κ2) is 4.09. The molecule has 0 N–H and O–H groups in total. The van der Waals surface area contributed by atoms with Gasteiger partial charge in [-0.2, -0.15) is 0 Å². The molecule has 0 radical (unpaired) electrons. The fourth-order valence-electron chi connectivity index (χ4n) is 3.35. The number of hydrogen-bond acceptors (Lipinski definition) is 4. The summed E-state index contributed by atoms with van der Waals surface area (Å²) in [6.07, 6.45) is 3.52. The van der Waals surface area contributed by atoms with Crippen LogP contribution < -0.4 is 0 Å². The second-order valence-corrected chi connectivity index (χ2v) is 6.91. The van der Waals surface area contributed by atoms with Crippen molar-refractivity contribution in [2.45, 2.75) is 38.5 Å². The predicted molar refractivity (Wildman–Crippen MR) is 85.8 cm³/mol. The van der Waals surface area contributed by atoms with Crippen LogP contribution in [0.4, 0.5) is 0 Å². The molecule has 2 heterocycles. The van der Waals surface area contributed by atoms with E-state index >= 15 is 0 Å². The quantitative estimate of drug-likeness (QED) is 0.637. The van der Waals surface area contributed by atoms with Crippen LogP contribution in [0.5, 0.6) is 0 Å². The number of benzene rings is 1. The largest absolute Gasteiger partial charge is 0.257 e. The van der Waals surface area contributed by atoms with Crippen molar-refractivity contribution in [3.63, 3.8) is 0 Å². The van der Waals surface area contributed by atoms with E-state index in [2.05, 4.69) is 37.7 Å². The molecular formula is C18H18N4. The molecule has 0 spiro atoms. The first-order chi connectivity index (χ1) is 10.4. The minimum absolute atomic E-state index is 0.300. The van der Waals surface area contributed by atoms with Gasteiger partial charge in [-0.25, -0.2) is 9.97 Å². The monoisotopic (exact) mass is 290 g/mol. The van der Waals surface area contributed by atoms with Crippen molar-refractivity contribution in [2.24, 2.45) is 0 Å². The van der Waals surface area contributed by atoms with E-state index in [0.717, 1.165) is 33.8 Å². The number of nitrogens with zero attached hydrogens (tertiary/aromatic N) is 4. The van der Waals surface area contributed by atoms with E-state index in [4.69, 9.17) is 9.97 Å². The molecule has 1 aliphatic rings.